The van der Waals surface area contributed by atoms with Crippen LogP contribution < -0.4 is 5.32 Å². The third-order valence-electron chi connectivity index (χ3n) is 5.08. The van der Waals surface area contributed by atoms with Crippen molar-refractivity contribution in [3.63, 3.8) is 0 Å². The largest absolute Gasteiger partial charge is 0.462 e. The summed E-state index contributed by atoms with van der Waals surface area (Å²) in [7, 11) is -3.58. The van der Waals surface area contributed by atoms with Gasteiger partial charge in [-0.3, -0.25) is 4.79 Å². The van der Waals surface area contributed by atoms with Crippen LogP contribution in [-0.4, -0.2) is 43.8 Å². The molecule has 1 amide bonds. The zero-order valence-corrected chi connectivity index (χ0v) is 18.9. The van der Waals surface area contributed by atoms with Gasteiger partial charge in [0.1, 0.15) is 4.88 Å². The fraction of sp³-hybridized carbons (Fsp3) is 0.429. The zero-order chi connectivity index (χ0) is 21.9. The molecule has 1 atom stereocenters. The molecule has 1 saturated heterocycles. The van der Waals surface area contributed by atoms with Crippen molar-refractivity contribution in [3.8, 4) is 0 Å². The number of aryl methyl sites for hydroxylation is 1. The molecule has 1 N–H and O–H groups in total. The second-order valence-electron chi connectivity index (χ2n) is 7.28. The molecule has 162 valence electrons. The molecular formula is C21H26N2O5S2. The van der Waals surface area contributed by atoms with Crippen LogP contribution in [0.2, 0.25) is 0 Å². The molecule has 0 saturated carbocycles. The Morgan fingerprint density at radius 3 is 2.57 bits per heavy atom. The van der Waals surface area contributed by atoms with Gasteiger partial charge in [-0.05, 0) is 69.5 Å². The van der Waals surface area contributed by atoms with Gasteiger partial charge in [-0.25, -0.2) is 13.2 Å². The first-order chi connectivity index (χ1) is 14.2. The summed E-state index contributed by atoms with van der Waals surface area (Å²) in [5.74, 6) is -0.788. The minimum absolute atomic E-state index is 0.0256. The van der Waals surface area contributed by atoms with E-state index in [4.69, 9.17) is 4.74 Å². The third-order valence-corrected chi connectivity index (χ3v) is 8.24. The molecule has 1 fully saturated rings. The van der Waals surface area contributed by atoms with E-state index in [2.05, 4.69) is 5.32 Å². The van der Waals surface area contributed by atoms with Gasteiger partial charge in [-0.2, -0.15) is 4.31 Å². The van der Waals surface area contributed by atoms with Gasteiger partial charge in [0.05, 0.1) is 16.5 Å². The van der Waals surface area contributed by atoms with Crippen molar-refractivity contribution >= 4 is 38.2 Å². The Morgan fingerprint density at radius 2 is 1.93 bits per heavy atom. The number of amides is 1. The van der Waals surface area contributed by atoms with Crippen molar-refractivity contribution in [2.45, 2.75) is 51.0 Å². The number of nitrogens with zero attached hydrogens (tertiary/aromatic N) is 1. The van der Waals surface area contributed by atoms with Crippen molar-refractivity contribution in [2.24, 2.45) is 0 Å². The highest BCUT2D eigenvalue weighted by Gasteiger charge is 2.31. The third kappa shape index (κ3) is 4.74. The van der Waals surface area contributed by atoms with Crippen LogP contribution in [-0.2, 0) is 14.8 Å². The van der Waals surface area contributed by atoms with Gasteiger partial charge >= 0.3 is 5.97 Å². The SMILES string of the molecule is CCOC(=O)c1sc(NC(=O)c2ccc(S(=O)(=O)N3CCCCC3C)cc2)cc1C. The molecule has 0 radical (unpaired) electrons. The van der Waals surface area contributed by atoms with Crippen LogP contribution in [0.4, 0.5) is 5.00 Å². The fourth-order valence-corrected chi connectivity index (χ4v) is 6.13. The number of esters is 1. The Kier molecular flexibility index (Phi) is 6.95. The van der Waals surface area contributed by atoms with Gasteiger partial charge in [0.15, 0.2) is 0 Å². The first kappa shape index (κ1) is 22.5. The lowest BCUT2D eigenvalue weighted by atomic mass is 10.1. The number of carbonyl (C=O) groups is 2. The maximum Gasteiger partial charge on any atom is 0.348 e. The molecule has 1 aliphatic heterocycles. The van der Waals surface area contributed by atoms with E-state index in [1.807, 2.05) is 6.92 Å². The second kappa shape index (κ2) is 9.28. The molecular weight excluding hydrogens is 424 g/mol. The van der Waals surface area contributed by atoms with Crippen LogP contribution in [0.1, 0.15) is 58.7 Å². The number of carbonyl (C=O) groups excluding carboxylic acids is 2. The summed E-state index contributed by atoms with van der Waals surface area (Å²) in [5, 5.41) is 3.28. The molecule has 0 aliphatic carbocycles. The van der Waals surface area contributed by atoms with E-state index >= 15 is 0 Å². The van der Waals surface area contributed by atoms with E-state index in [1.54, 1.807) is 19.9 Å². The minimum Gasteiger partial charge on any atom is -0.462 e. The summed E-state index contributed by atoms with van der Waals surface area (Å²) in [6.45, 7) is 6.24. The molecule has 7 nitrogen and oxygen atoms in total. The minimum atomic E-state index is -3.58. The molecule has 1 aromatic heterocycles. The van der Waals surface area contributed by atoms with Crippen molar-refractivity contribution in [2.75, 3.05) is 18.5 Å². The molecule has 2 aromatic rings. The van der Waals surface area contributed by atoms with Gasteiger partial charge in [0.2, 0.25) is 10.0 Å². The average molecular weight is 451 g/mol. The first-order valence-corrected chi connectivity index (χ1v) is 12.2. The lowest BCUT2D eigenvalue weighted by molar-refractivity contribution is 0.0531. The number of ether oxygens (including phenoxy) is 1. The number of nitrogens with one attached hydrogen (secondary N) is 1. The monoisotopic (exact) mass is 450 g/mol. The Hall–Kier alpha value is -2.23. The van der Waals surface area contributed by atoms with Gasteiger partial charge in [0, 0.05) is 18.2 Å². The van der Waals surface area contributed by atoms with E-state index in [9.17, 15) is 18.0 Å². The Bertz CT molecular complexity index is 1030. The van der Waals surface area contributed by atoms with Crippen LogP contribution in [0.3, 0.4) is 0 Å². The molecule has 1 aromatic carbocycles. The maximum absolute atomic E-state index is 12.9. The van der Waals surface area contributed by atoms with Gasteiger partial charge in [-0.15, -0.1) is 11.3 Å². The summed E-state index contributed by atoms with van der Waals surface area (Å²) in [4.78, 5) is 25.1. The quantitative estimate of drug-likeness (QED) is 0.670. The molecule has 1 aliphatic rings. The molecule has 9 heteroatoms. The summed E-state index contributed by atoms with van der Waals surface area (Å²) in [5.41, 5.74) is 1.07. The Morgan fingerprint density at radius 1 is 1.23 bits per heavy atom. The van der Waals surface area contributed by atoms with E-state index in [1.165, 1.54) is 28.6 Å². The van der Waals surface area contributed by atoms with Gasteiger partial charge in [-0.1, -0.05) is 6.42 Å². The summed E-state index contributed by atoms with van der Waals surface area (Å²) < 4.78 is 32.4. The van der Waals surface area contributed by atoms with Crippen molar-refractivity contribution in [1.29, 1.82) is 0 Å². The molecule has 0 bridgehead atoms. The average Bonchev–Trinajstić information content (AvgIpc) is 3.08. The standard InChI is InChI=1S/C21H26N2O5S2/c1-4-28-21(25)19-14(2)13-18(29-19)22-20(24)16-8-10-17(11-9-16)30(26,27)23-12-6-5-7-15(23)3/h8-11,13,15H,4-7,12H2,1-3H3,(H,22,24). The smallest absolute Gasteiger partial charge is 0.348 e. The highest BCUT2D eigenvalue weighted by atomic mass is 32.2. The predicted molar refractivity (Wildman–Crippen MR) is 117 cm³/mol. The van der Waals surface area contributed by atoms with Crippen LogP contribution in [0, 0.1) is 6.92 Å². The van der Waals surface area contributed by atoms with Crippen LogP contribution in [0.5, 0.6) is 0 Å². The molecule has 30 heavy (non-hydrogen) atoms. The van der Waals surface area contributed by atoms with Gasteiger partial charge in [0.25, 0.3) is 5.91 Å². The molecule has 3 rings (SSSR count). The van der Waals surface area contributed by atoms with Crippen molar-refractivity contribution in [1.82, 2.24) is 4.31 Å². The van der Waals surface area contributed by atoms with E-state index in [-0.39, 0.29) is 23.5 Å². The Labute approximate surface area is 181 Å². The van der Waals surface area contributed by atoms with Crippen LogP contribution in [0.15, 0.2) is 35.2 Å². The summed E-state index contributed by atoms with van der Waals surface area (Å²) in [6.07, 6.45) is 2.75. The highest BCUT2D eigenvalue weighted by Crippen LogP contribution is 2.28. The number of hydrogen-bond donors (Lipinski definition) is 1. The number of thiophene rings is 1. The summed E-state index contributed by atoms with van der Waals surface area (Å²) in [6, 6.07) is 7.63. The van der Waals surface area contributed by atoms with Gasteiger partial charge < -0.3 is 10.1 Å². The zero-order valence-electron chi connectivity index (χ0n) is 17.3. The van der Waals surface area contributed by atoms with Crippen LogP contribution in [0.25, 0.3) is 0 Å². The number of anilines is 1. The highest BCUT2D eigenvalue weighted by molar-refractivity contribution is 7.89. The van der Waals surface area contributed by atoms with E-state index in [0.717, 1.165) is 36.2 Å². The van der Waals surface area contributed by atoms with Crippen molar-refractivity contribution in [3.05, 3.63) is 46.3 Å². The van der Waals surface area contributed by atoms with E-state index in [0.29, 0.717) is 22.0 Å². The fourth-order valence-electron chi connectivity index (χ4n) is 3.47. The molecule has 2 heterocycles. The first-order valence-electron chi connectivity index (χ1n) is 9.95. The number of sulfonamides is 1. The summed E-state index contributed by atoms with van der Waals surface area (Å²) >= 11 is 1.15. The van der Waals surface area contributed by atoms with Crippen molar-refractivity contribution < 1.29 is 22.7 Å². The Balaban J connectivity index is 1.73. The second-order valence-corrected chi connectivity index (χ2v) is 10.2. The topological polar surface area (TPSA) is 92.8 Å². The number of benzene rings is 1. The lowest BCUT2D eigenvalue weighted by Crippen LogP contribution is -2.41. The molecule has 0 spiro atoms. The number of rotatable bonds is 6. The maximum atomic E-state index is 12.9. The lowest BCUT2D eigenvalue weighted by Gasteiger charge is -2.32. The normalized spacial score (nSPS) is 17.5. The molecule has 1 unspecified atom stereocenters. The number of hydrogen-bond acceptors (Lipinski definition) is 6. The van der Waals surface area contributed by atoms with E-state index < -0.39 is 16.0 Å². The number of piperidine rings is 1. The predicted octanol–water partition coefficient (Wildman–Crippen LogP) is 4.05. The van der Waals surface area contributed by atoms with Crippen LogP contribution >= 0.6 is 11.3 Å².